The van der Waals surface area contributed by atoms with Gasteiger partial charge in [-0.2, -0.15) is 4.98 Å². The summed E-state index contributed by atoms with van der Waals surface area (Å²) in [6.07, 6.45) is 0. The van der Waals surface area contributed by atoms with Crippen LogP contribution in [0.5, 0.6) is 5.88 Å². The van der Waals surface area contributed by atoms with Gasteiger partial charge >= 0.3 is 0 Å². The fourth-order valence-corrected chi connectivity index (χ4v) is 2.99. The van der Waals surface area contributed by atoms with Crippen LogP contribution in [0.15, 0.2) is 10.5 Å². The van der Waals surface area contributed by atoms with Crippen molar-refractivity contribution in [2.75, 3.05) is 52.3 Å². The number of rotatable bonds is 5. The van der Waals surface area contributed by atoms with Gasteiger partial charge in [-0.05, 0) is 28.5 Å². The zero-order valence-electron chi connectivity index (χ0n) is 13.7. The van der Waals surface area contributed by atoms with Crippen molar-refractivity contribution in [2.45, 2.75) is 13.0 Å². The summed E-state index contributed by atoms with van der Waals surface area (Å²) in [5.74, 6) is 0.689. The highest BCUT2D eigenvalue weighted by molar-refractivity contribution is 9.10. The SMILES string of the molecule is CCN1CCOCC(NC(=O)c2cc(Br)c(NC)nc2OC)C1. The van der Waals surface area contributed by atoms with Crippen LogP contribution in [-0.2, 0) is 4.74 Å². The van der Waals surface area contributed by atoms with Gasteiger partial charge in [-0.15, -0.1) is 0 Å². The molecule has 1 aromatic rings. The summed E-state index contributed by atoms with van der Waals surface area (Å²) < 4.78 is 11.5. The molecule has 1 aliphatic rings. The van der Waals surface area contributed by atoms with Gasteiger partial charge in [0.05, 0.1) is 30.8 Å². The van der Waals surface area contributed by atoms with Crippen LogP contribution in [0.2, 0.25) is 0 Å². The molecule has 0 spiro atoms. The number of halogens is 1. The molecule has 1 aliphatic heterocycles. The van der Waals surface area contributed by atoms with E-state index >= 15 is 0 Å². The third kappa shape index (κ3) is 4.55. The largest absolute Gasteiger partial charge is 0.480 e. The Hall–Kier alpha value is -1.38. The molecule has 8 heteroatoms. The predicted molar refractivity (Wildman–Crippen MR) is 92.2 cm³/mol. The van der Waals surface area contributed by atoms with E-state index in [9.17, 15) is 4.79 Å². The fraction of sp³-hybridized carbons (Fsp3) is 0.600. The smallest absolute Gasteiger partial charge is 0.257 e. The number of aromatic nitrogens is 1. The molecule has 2 N–H and O–H groups in total. The topological polar surface area (TPSA) is 75.7 Å². The first-order valence-electron chi connectivity index (χ1n) is 7.62. The van der Waals surface area contributed by atoms with Crippen molar-refractivity contribution in [3.8, 4) is 5.88 Å². The van der Waals surface area contributed by atoms with Crippen molar-refractivity contribution in [2.24, 2.45) is 0 Å². The molecular weight excluding hydrogens is 364 g/mol. The monoisotopic (exact) mass is 386 g/mol. The highest BCUT2D eigenvalue weighted by atomic mass is 79.9. The first-order chi connectivity index (χ1) is 11.1. The normalized spacial score (nSPS) is 19.0. The van der Waals surface area contributed by atoms with Crippen LogP contribution in [0.25, 0.3) is 0 Å². The molecule has 0 aliphatic carbocycles. The Morgan fingerprint density at radius 1 is 1.61 bits per heavy atom. The molecule has 2 rings (SSSR count). The Morgan fingerprint density at radius 3 is 3.04 bits per heavy atom. The van der Waals surface area contributed by atoms with Crippen LogP contribution < -0.4 is 15.4 Å². The maximum atomic E-state index is 12.6. The van der Waals surface area contributed by atoms with E-state index in [0.717, 1.165) is 19.6 Å². The number of amides is 1. The number of methoxy groups -OCH3 is 1. The van der Waals surface area contributed by atoms with E-state index in [1.54, 1.807) is 13.1 Å². The Morgan fingerprint density at radius 2 is 2.39 bits per heavy atom. The Labute approximate surface area is 144 Å². The lowest BCUT2D eigenvalue weighted by Gasteiger charge is -2.22. The number of carbonyl (C=O) groups is 1. The number of anilines is 1. The molecule has 7 nitrogen and oxygen atoms in total. The van der Waals surface area contributed by atoms with Crippen molar-refractivity contribution in [1.29, 1.82) is 0 Å². The number of ether oxygens (including phenoxy) is 2. The number of nitrogens with one attached hydrogen (secondary N) is 2. The molecule has 1 atom stereocenters. The van der Waals surface area contributed by atoms with Crippen molar-refractivity contribution in [3.63, 3.8) is 0 Å². The molecule has 128 valence electrons. The molecule has 0 saturated carbocycles. The van der Waals surface area contributed by atoms with Gasteiger partial charge in [-0.3, -0.25) is 9.69 Å². The first kappa shape index (κ1) is 18.0. The zero-order chi connectivity index (χ0) is 16.8. The lowest BCUT2D eigenvalue weighted by Crippen LogP contribution is -2.44. The van der Waals surface area contributed by atoms with Crippen LogP contribution in [0.4, 0.5) is 5.82 Å². The molecule has 23 heavy (non-hydrogen) atoms. The van der Waals surface area contributed by atoms with Gasteiger partial charge in [0.15, 0.2) is 0 Å². The minimum absolute atomic E-state index is 0.0580. The van der Waals surface area contributed by atoms with E-state index in [-0.39, 0.29) is 17.8 Å². The first-order valence-corrected chi connectivity index (χ1v) is 8.41. The van der Waals surface area contributed by atoms with Crippen LogP contribution in [-0.4, -0.2) is 68.8 Å². The highest BCUT2D eigenvalue weighted by Gasteiger charge is 2.23. The fourth-order valence-electron chi connectivity index (χ4n) is 2.48. The van der Waals surface area contributed by atoms with Crippen molar-refractivity contribution >= 4 is 27.7 Å². The second kappa shape index (κ2) is 8.47. The van der Waals surface area contributed by atoms with Crippen LogP contribution in [0.1, 0.15) is 17.3 Å². The zero-order valence-corrected chi connectivity index (χ0v) is 15.3. The number of pyridine rings is 1. The number of likely N-dealkylation sites (N-methyl/N-ethyl adjacent to an activating group) is 1. The van der Waals surface area contributed by atoms with E-state index in [2.05, 4.69) is 43.4 Å². The summed E-state index contributed by atoms with van der Waals surface area (Å²) in [5, 5.41) is 5.95. The minimum atomic E-state index is -0.218. The van der Waals surface area contributed by atoms with E-state index < -0.39 is 0 Å². The second-order valence-corrected chi connectivity index (χ2v) is 6.12. The average Bonchev–Trinajstić information content (AvgIpc) is 2.79. The average molecular weight is 387 g/mol. The quantitative estimate of drug-likeness (QED) is 0.795. The third-order valence-corrected chi connectivity index (χ3v) is 4.35. The minimum Gasteiger partial charge on any atom is -0.480 e. The summed E-state index contributed by atoms with van der Waals surface area (Å²) in [6, 6.07) is 1.65. The Kier molecular flexibility index (Phi) is 6.61. The number of carbonyl (C=O) groups excluding carboxylic acids is 1. The van der Waals surface area contributed by atoms with Crippen molar-refractivity contribution in [3.05, 3.63) is 16.1 Å². The van der Waals surface area contributed by atoms with E-state index in [1.807, 2.05) is 0 Å². The molecule has 0 aromatic carbocycles. The molecule has 2 heterocycles. The van der Waals surface area contributed by atoms with E-state index in [0.29, 0.717) is 29.1 Å². The van der Waals surface area contributed by atoms with E-state index in [1.165, 1.54) is 7.11 Å². The van der Waals surface area contributed by atoms with Gasteiger partial charge in [0, 0.05) is 20.1 Å². The van der Waals surface area contributed by atoms with Crippen molar-refractivity contribution < 1.29 is 14.3 Å². The Balaban J connectivity index is 2.15. The van der Waals surface area contributed by atoms with Gasteiger partial charge < -0.3 is 20.1 Å². The van der Waals surface area contributed by atoms with Gasteiger partial charge in [0.25, 0.3) is 5.91 Å². The molecule has 1 unspecified atom stereocenters. The van der Waals surface area contributed by atoms with Crippen LogP contribution >= 0.6 is 15.9 Å². The molecule has 0 radical (unpaired) electrons. The third-order valence-electron chi connectivity index (χ3n) is 3.75. The summed E-state index contributed by atoms with van der Waals surface area (Å²) in [4.78, 5) is 19.2. The molecule has 1 amide bonds. The maximum Gasteiger partial charge on any atom is 0.257 e. The lowest BCUT2D eigenvalue weighted by atomic mass is 10.2. The summed E-state index contributed by atoms with van der Waals surface area (Å²) in [6.45, 7) is 5.89. The lowest BCUT2D eigenvalue weighted by molar-refractivity contribution is 0.0880. The van der Waals surface area contributed by atoms with Gasteiger partial charge in [0.1, 0.15) is 11.4 Å². The number of nitrogens with zero attached hydrogens (tertiary/aromatic N) is 2. The molecule has 1 fully saturated rings. The van der Waals surface area contributed by atoms with Gasteiger partial charge in [-0.25, -0.2) is 0 Å². The van der Waals surface area contributed by atoms with Crippen LogP contribution in [0, 0.1) is 0 Å². The second-order valence-electron chi connectivity index (χ2n) is 5.26. The van der Waals surface area contributed by atoms with E-state index in [4.69, 9.17) is 9.47 Å². The number of hydrogen-bond donors (Lipinski definition) is 2. The van der Waals surface area contributed by atoms with Gasteiger partial charge in [-0.1, -0.05) is 6.92 Å². The Bertz CT molecular complexity index is 556. The van der Waals surface area contributed by atoms with Crippen molar-refractivity contribution in [1.82, 2.24) is 15.2 Å². The molecule has 1 aromatic heterocycles. The standard InChI is InChI=1S/C15H23BrN4O3/c1-4-20-5-6-23-9-10(8-20)18-14(21)11-7-12(16)13(17-2)19-15(11)22-3/h7,10H,4-6,8-9H2,1-3H3,(H,17,19)(H,18,21). The molecular formula is C15H23BrN4O3. The number of hydrogen-bond acceptors (Lipinski definition) is 6. The maximum absolute atomic E-state index is 12.6. The summed E-state index contributed by atoms with van der Waals surface area (Å²) in [7, 11) is 3.26. The van der Waals surface area contributed by atoms with Gasteiger partial charge in [0.2, 0.25) is 5.88 Å². The highest BCUT2D eigenvalue weighted by Crippen LogP contribution is 2.27. The molecule has 1 saturated heterocycles. The van der Waals surface area contributed by atoms with Crippen LogP contribution in [0.3, 0.4) is 0 Å². The summed E-state index contributed by atoms with van der Waals surface area (Å²) >= 11 is 3.40. The predicted octanol–water partition coefficient (Wildman–Crippen LogP) is 1.34. The summed E-state index contributed by atoms with van der Waals surface area (Å²) in [5.41, 5.74) is 0.394. The molecule has 0 bridgehead atoms.